The maximum atomic E-state index is 11.8. The number of halogens is 2. The smallest absolute Gasteiger partial charge is 0.410 e. The molecule has 0 aliphatic carbocycles. The predicted molar refractivity (Wildman–Crippen MR) is 126 cm³/mol. The van der Waals surface area contributed by atoms with Crippen molar-refractivity contribution in [3.63, 3.8) is 0 Å². The quantitative estimate of drug-likeness (QED) is 0.576. The minimum absolute atomic E-state index is 0. The third-order valence-electron chi connectivity index (χ3n) is 5.76. The Morgan fingerprint density at radius 2 is 1.50 bits per heavy atom. The van der Waals surface area contributed by atoms with Crippen molar-refractivity contribution in [1.29, 1.82) is 0 Å². The molecule has 9 heteroatoms. The van der Waals surface area contributed by atoms with Gasteiger partial charge in [-0.2, -0.15) is 0 Å². The van der Waals surface area contributed by atoms with E-state index in [2.05, 4.69) is 22.5 Å². The van der Waals surface area contributed by atoms with Crippen LogP contribution in [0.2, 0.25) is 0 Å². The molecular formula is C21H42Cl2N4O3. The van der Waals surface area contributed by atoms with Gasteiger partial charge in [-0.1, -0.05) is 6.92 Å². The molecule has 0 spiro atoms. The van der Waals surface area contributed by atoms with E-state index < -0.39 is 0 Å². The molecule has 4 bridgehead atoms. The number of carbonyl (C=O) groups excluding carboxylic acids is 2. The van der Waals surface area contributed by atoms with Gasteiger partial charge in [0.05, 0.1) is 0 Å². The van der Waals surface area contributed by atoms with Gasteiger partial charge in [0, 0.05) is 50.3 Å². The lowest BCUT2D eigenvalue weighted by Gasteiger charge is -2.34. The van der Waals surface area contributed by atoms with Crippen LogP contribution in [0.25, 0.3) is 0 Å². The SMILES string of the molecule is CC(C)(C)OC(=O)N1CC2CCC(C1)N2.CC=O.CCN1C2CCC1CNC2.Cl.Cl. The van der Waals surface area contributed by atoms with Crippen LogP contribution in [0.1, 0.15) is 60.3 Å². The molecule has 2 N–H and O–H groups in total. The summed E-state index contributed by atoms with van der Waals surface area (Å²) in [5.74, 6) is 0. The van der Waals surface area contributed by atoms with Gasteiger partial charge in [0.2, 0.25) is 0 Å². The molecule has 7 nitrogen and oxygen atoms in total. The summed E-state index contributed by atoms with van der Waals surface area (Å²) in [6.45, 7) is 14.7. The largest absolute Gasteiger partial charge is 0.444 e. The first-order chi connectivity index (χ1) is 13.3. The van der Waals surface area contributed by atoms with Crippen LogP contribution >= 0.6 is 24.8 Å². The maximum Gasteiger partial charge on any atom is 0.410 e. The zero-order valence-electron chi connectivity index (χ0n) is 19.2. The van der Waals surface area contributed by atoms with Crippen molar-refractivity contribution in [2.24, 2.45) is 0 Å². The summed E-state index contributed by atoms with van der Waals surface area (Å²) in [4.78, 5) is 25.1. The number of aldehydes is 1. The standard InChI is InChI=1S/C11H20N2O2.C8H16N2.C2H4O.2ClH/c1-11(2,3)15-10(14)13-6-8-4-5-9(7-13)12-8;1-2-10-7-3-4-8(10)6-9-5-7;1-2-3;;/h8-9,12H,4-7H2,1-3H3;7-9H,2-6H2,1H3;2H,1H3;2*1H. The van der Waals surface area contributed by atoms with Crippen molar-refractivity contribution < 1.29 is 14.3 Å². The number of rotatable bonds is 1. The van der Waals surface area contributed by atoms with Crippen LogP contribution in [-0.4, -0.2) is 84.7 Å². The van der Waals surface area contributed by atoms with Gasteiger partial charge in [-0.05, 0) is 59.9 Å². The minimum atomic E-state index is -0.388. The van der Waals surface area contributed by atoms with Crippen LogP contribution in [0.4, 0.5) is 4.79 Å². The fourth-order valence-electron chi connectivity index (χ4n) is 4.66. The number of carbonyl (C=O) groups is 2. The van der Waals surface area contributed by atoms with Crippen LogP contribution in [0.15, 0.2) is 0 Å². The molecule has 4 saturated heterocycles. The number of nitrogens with zero attached hydrogens (tertiary/aromatic N) is 2. The van der Waals surface area contributed by atoms with Gasteiger partial charge < -0.3 is 25.1 Å². The summed E-state index contributed by atoms with van der Waals surface area (Å²) in [6.07, 6.45) is 5.80. The average Bonchev–Trinajstić information content (AvgIpc) is 3.08. The van der Waals surface area contributed by atoms with Gasteiger partial charge in [-0.3, -0.25) is 4.90 Å². The molecule has 4 rings (SSSR count). The Bertz CT molecular complexity index is 491. The second-order valence-corrected chi connectivity index (χ2v) is 9.13. The van der Waals surface area contributed by atoms with E-state index in [1.807, 2.05) is 25.7 Å². The van der Waals surface area contributed by atoms with E-state index in [1.165, 1.54) is 52.2 Å². The fourth-order valence-corrected chi connectivity index (χ4v) is 4.66. The zero-order chi connectivity index (χ0) is 20.7. The van der Waals surface area contributed by atoms with Crippen molar-refractivity contribution in [2.75, 3.05) is 32.7 Å². The van der Waals surface area contributed by atoms with Crippen LogP contribution in [-0.2, 0) is 9.53 Å². The number of fused-ring (bicyclic) bond motifs is 4. The van der Waals surface area contributed by atoms with Crippen LogP contribution < -0.4 is 10.6 Å². The lowest BCUT2D eigenvalue weighted by atomic mass is 10.2. The fraction of sp³-hybridized carbons (Fsp3) is 0.905. The molecule has 4 aliphatic heterocycles. The maximum absolute atomic E-state index is 11.8. The summed E-state index contributed by atoms with van der Waals surface area (Å²) in [5, 5.41) is 6.96. The predicted octanol–water partition coefficient (Wildman–Crippen LogP) is 2.85. The van der Waals surface area contributed by atoms with E-state index in [9.17, 15) is 4.79 Å². The summed E-state index contributed by atoms with van der Waals surface area (Å²) in [6, 6.07) is 2.69. The molecule has 4 fully saturated rings. The second-order valence-electron chi connectivity index (χ2n) is 9.13. The molecule has 4 aliphatic rings. The average molecular weight is 469 g/mol. The Balaban J connectivity index is 0.000000490. The molecule has 4 atom stereocenters. The lowest BCUT2D eigenvalue weighted by molar-refractivity contribution is -0.106. The van der Waals surface area contributed by atoms with Gasteiger partial charge in [-0.25, -0.2) is 4.79 Å². The number of ether oxygens (including phenoxy) is 1. The number of hydrogen-bond acceptors (Lipinski definition) is 6. The third-order valence-corrected chi connectivity index (χ3v) is 5.76. The van der Waals surface area contributed by atoms with E-state index in [1.54, 1.807) is 0 Å². The highest BCUT2D eigenvalue weighted by Crippen LogP contribution is 2.25. The Morgan fingerprint density at radius 3 is 1.87 bits per heavy atom. The Labute approximate surface area is 194 Å². The summed E-state index contributed by atoms with van der Waals surface area (Å²) < 4.78 is 5.36. The molecule has 0 aromatic carbocycles. The molecule has 0 aromatic rings. The van der Waals surface area contributed by atoms with Gasteiger partial charge >= 0.3 is 6.09 Å². The lowest BCUT2D eigenvalue weighted by Crippen LogP contribution is -2.53. The highest BCUT2D eigenvalue weighted by atomic mass is 35.5. The van der Waals surface area contributed by atoms with Crippen molar-refractivity contribution in [3.8, 4) is 0 Å². The molecule has 4 unspecified atom stereocenters. The van der Waals surface area contributed by atoms with Gasteiger partial charge in [0.1, 0.15) is 11.9 Å². The van der Waals surface area contributed by atoms with Crippen LogP contribution in [0, 0.1) is 0 Å². The molecule has 30 heavy (non-hydrogen) atoms. The van der Waals surface area contributed by atoms with Gasteiger partial charge in [0.15, 0.2) is 0 Å². The summed E-state index contributed by atoms with van der Waals surface area (Å²) in [7, 11) is 0. The van der Waals surface area contributed by atoms with Crippen molar-refractivity contribution in [1.82, 2.24) is 20.4 Å². The van der Waals surface area contributed by atoms with E-state index in [0.717, 1.165) is 31.5 Å². The molecular weight excluding hydrogens is 427 g/mol. The van der Waals surface area contributed by atoms with E-state index >= 15 is 0 Å². The zero-order valence-corrected chi connectivity index (χ0v) is 20.8. The van der Waals surface area contributed by atoms with Crippen LogP contribution in [0.3, 0.4) is 0 Å². The molecule has 4 heterocycles. The first-order valence-electron chi connectivity index (χ1n) is 10.9. The normalized spacial score (nSPS) is 29.2. The van der Waals surface area contributed by atoms with E-state index in [-0.39, 0.29) is 36.5 Å². The van der Waals surface area contributed by atoms with E-state index in [0.29, 0.717) is 12.1 Å². The monoisotopic (exact) mass is 468 g/mol. The highest BCUT2D eigenvalue weighted by Gasteiger charge is 2.36. The van der Waals surface area contributed by atoms with Gasteiger partial charge in [-0.15, -0.1) is 24.8 Å². The number of likely N-dealkylation sites (N-methyl/N-ethyl adjacent to an activating group) is 1. The topological polar surface area (TPSA) is 73.9 Å². The number of hydrogen-bond donors (Lipinski definition) is 2. The first kappa shape index (κ1) is 29.4. The summed E-state index contributed by atoms with van der Waals surface area (Å²) in [5.41, 5.74) is -0.388. The molecule has 0 aromatic heterocycles. The molecule has 1 amide bonds. The van der Waals surface area contributed by atoms with Crippen molar-refractivity contribution in [2.45, 2.75) is 90.1 Å². The Kier molecular flexibility index (Phi) is 13.5. The first-order valence-corrected chi connectivity index (χ1v) is 10.9. The Hall–Kier alpha value is -0.600. The highest BCUT2D eigenvalue weighted by molar-refractivity contribution is 5.85. The number of amides is 1. The second kappa shape index (κ2) is 13.7. The van der Waals surface area contributed by atoms with E-state index in [4.69, 9.17) is 9.53 Å². The summed E-state index contributed by atoms with van der Waals surface area (Å²) >= 11 is 0. The van der Waals surface area contributed by atoms with Gasteiger partial charge in [0.25, 0.3) is 0 Å². The Morgan fingerprint density at radius 1 is 1.03 bits per heavy atom. The molecule has 178 valence electrons. The van der Waals surface area contributed by atoms with Crippen molar-refractivity contribution in [3.05, 3.63) is 0 Å². The minimum Gasteiger partial charge on any atom is -0.444 e. The molecule has 0 saturated carbocycles. The molecule has 0 radical (unpaired) electrons. The van der Waals surface area contributed by atoms with Crippen LogP contribution in [0.5, 0.6) is 0 Å². The number of piperazine rings is 2. The number of nitrogens with one attached hydrogen (secondary N) is 2. The van der Waals surface area contributed by atoms with Crippen molar-refractivity contribution >= 4 is 37.2 Å². The number of likely N-dealkylation sites (tertiary alicyclic amines) is 1. The third kappa shape index (κ3) is 8.87.